The molecule has 16 aliphatic rings. The number of imide groups is 2. The monoisotopic (exact) mass is 949 g/mol. The van der Waals surface area contributed by atoms with Crippen molar-refractivity contribution in [3.05, 3.63) is 190 Å². The lowest BCUT2D eigenvalue weighted by atomic mass is 9.86. The molecule has 8 aromatic rings. The van der Waals surface area contributed by atoms with Gasteiger partial charge in [-0.15, -0.1) is 10.2 Å². The third kappa shape index (κ3) is 9.67. The maximum atomic E-state index is 13.9. The van der Waals surface area contributed by atoms with Crippen LogP contribution in [0.4, 0.5) is 0 Å². The number of benzene rings is 6. The summed E-state index contributed by atoms with van der Waals surface area (Å²) in [5.74, 6) is 0.946. The first kappa shape index (κ1) is 44.8. The molecule has 18 heterocycles. The third-order valence-corrected chi connectivity index (χ3v) is 12.7. The second-order valence-corrected chi connectivity index (χ2v) is 17.6. The van der Waals surface area contributed by atoms with E-state index in [-0.39, 0.29) is 48.6 Å². The summed E-state index contributed by atoms with van der Waals surface area (Å²) in [6, 6.07) is 37.8. The quantitative estimate of drug-likeness (QED) is 0.149. The van der Waals surface area contributed by atoms with Crippen LogP contribution in [0.25, 0.3) is 10.8 Å². The minimum atomic E-state index is -0.487. The molecule has 0 aliphatic carbocycles. The predicted octanol–water partition coefficient (Wildman–Crippen LogP) is 7.31. The van der Waals surface area contributed by atoms with Crippen LogP contribution in [0.1, 0.15) is 87.9 Å². The summed E-state index contributed by atoms with van der Waals surface area (Å²) in [4.78, 5) is 58.0. The number of carbonyl (C=O) groups excluding carboxylic acids is 4. The van der Waals surface area contributed by atoms with E-state index >= 15 is 0 Å². The molecule has 17 nitrogen and oxygen atoms in total. The molecule has 24 rings (SSSR count). The van der Waals surface area contributed by atoms with Crippen molar-refractivity contribution < 1.29 is 38.1 Å². The molecule has 4 amide bonds. The second kappa shape index (κ2) is 19.7. The Bertz CT molecular complexity index is 2990. The van der Waals surface area contributed by atoms with Crippen molar-refractivity contribution in [3.8, 4) is 23.0 Å². The number of rotatable bonds is 0. The van der Waals surface area contributed by atoms with E-state index in [1.165, 1.54) is 9.80 Å². The molecule has 0 atom stereocenters. The van der Waals surface area contributed by atoms with Gasteiger partial charge in [-0.1, -0.05) is 59.0 Å². The molecule has 0 radical (unpaired) electrons. The Kier molecular flexibility index (Phi) is 12.4. The van der Waals surface area contributed by atoms with Gasteiger partial charge >= 0.3 is 0 Å². The molecule has 0 fully saturated rings. The summed E-state index contributed by atoms with van der Waals surface area (Å²) >= 11 is 0. The Morgan fingerprint density at radius 1 is 0.380 bits per heavy atom. The second-order valence-electron chi connectivity index (χ2n) is 17.6. The smallest absolute Gasteiger partial charge is 0.261 e. The van der Waals surface area contributed by atoms with E-state index in [2.05, 4.69) is 50.2 Å². The number of aromatic nitrogens is 6. The van der Waals surface area contributed by atoms with Gasteiger partial charge in [0.15, 0.2) is 0 Å². The Morgan fingerprint density at radius 3 is 1.06 bits per heavy atom. The van der Waals surface area contributed by atoms with Gasteiger partial charge in [-0.2, -0.15) is 0 Å². The average molecular weight is 950 g/mol. The third-order valence-electron chi connectivity index (χ3n) is 12.7. The molecule has 16 aliphatic heterocycles. The number of amides is 4. The number of aryl methyl sites for hydroxylation is 2. The minimum Gasteiger partial charge on any atom is -0.489 e. The summed E-state index contributed by atoms with van der Waals surface area (Å²) in [5, 5.41) is 21.1. The highest BCUT2D eigenvalue weighted by molar-refractivity contribution is 6.33. The molecule has 17 heteroatoms. The van der Waals surface area contributed by atoms with Crippen molar-refractivity contribution in [2.45, 2.75) is 65.4 Å². The summed E-state index contributed by atoms with van der Waals surface area (Å²) in [6.45, 7) is 3.65. The van der Waals surface area contributed by atoms with Gasteiger partial charge in [-0.25, -0.2) is 0 Å². The molecule has 20 bridgehead atoms. The summed E-state index contributed by atoms with van der Waals surface area (Å²) in [7, 11) is 0. The van der Waals surface area contributed by atoms with Crippen LogP contribution in [0.15, 0.2) is 134 Å². The van der Waals surface area contributed by atoms with Crippen LogP contribution in [-0.4, -0.2) is 76.5 Å². The molecule has 2 aromatic heterocycles. The zero-order chi connectivity index (χ0) is 48.3. The van der Waals surface area contributed by atoms with Crippen LogP contribution in [0, 0.1) is 0 Å². The highest BCUT2D eigenvalue weighted by Crippen LogP contribution is 2.38. The molecule has 0 spiro atoms. The van der Waals surface area contributed by atoms with E-state index in [1.54, 1.807) is 46.0 Å². The Balaban J connectivity index is 0.761. The number of carbonyl (C=O) groups is 4. The van der Waals surface area contributed by atoms with Crippen LogP contribution in [0.3, 0.4) is 0 Å². The normalized spacial score (nSPS) is 15.9. The molecule has 71 heavy (non-hydrogen) atoms. The van der Waals surface area contributed by atoms with E-state index < -0.39 is 23.6 Å². The Labute approximate surface area is 407 Å². The molecule has 6 aromatic carbocycles. The SMILES string of the molecule is O=C1c2ccc3c4c5ccc(c24)C(=O)N1CCCn1cc(nn1)COc1ccc(cc1)COc1ccc(cc1)CNCc1ccc(cc1)OCc1ccc(cc1)OCc1cn(nn1)CCCN(C3=O)C5=O. The molecule has 0 saturated carbocycles. The minimum absolute atomic E-state index is 0.123. The van der Waals surface area contributed by atoms with E-state index in [1.807, 2.05) is 72.8 Å². The lowest BCUT2D eigenvalue weighted by Gasteiger charge is -2.32. The van der Waals surface area contributed by atoms with Crippen LogP contribution in [0.2, 0.25) is 0 Å². The molecule has 0 saturated heterocycles. The van der Waals surface area contributed by atoms with Crippen LogP contribution in [0.5, 0.6) is 23.0 Å². The topological polar surface area (TPSA) is 185 Å². The van der Waals surface area contributed by atoms with Crippen LogP contribution in [-0.2, 0) is 52.6 Å². The van der Waals surface area contributed by atoms with Crippen LogP contribution < -0.4 is 24.3 Å². The molecular formula is C54H47N9O8. The largest absolute Gasteiger partial charge is 0.489 e. The van der Waals surface area contributed by atoms with Gasteiger partial charge < -0.3 is 24.3 Å². The number of ether oxygens (including phenoxy) is 4. The zero-order valence-corrected chi connectivity index (χ0v) is 38.5. The lowest BCUT2D eigenvalue weighted by Crippen LogP contribution is -2.44. The van der Waals surface area contributed by atoms with Gasteiger partial charge in [-0.05, 0) is 108 Å². The van der Waals surface area contributed by atoms with Crippen molar-refractivity contribution in [3.63, 3.8) is 0 Å². The summed E-state index contributed by atoms with van der Waals surface area (Å²) < 4.78 is 27.4. The Hall–Kier alpha value is -8.70. The van der Waals surface area contributed by atoms with Gasteiger partial charge in [0, 0.05) is 72.3 Å². The summed E-state index contributed by atoms with van der Waals surface area (Å²) in [6.07, 6.45) is 4.37. The fourth-order valence-electron chi connectivity index (χ4n) is 8.96. The van der Waals surface area contributed by atoms with E-state index in [4.69, 9.17) is 18.9 Å². The number of hydrogen-bond acceptors (Lipinski definition) is 13. The highest BCUT2D eigenvalue weighted by atomic mass is 16.5. The van der Waals surface area contributed by atoms with Gasteiger partial charge in [0.1, 0.15) is 60.8 Å². The zero-order valence-electron chi connectivity index (χ0n) is 38.5. The van der Waals surface area contributed by atoms with Crippen LogP contribution >= 0.6 is 0 Å². The lowest BCUT2D eigenvalue weighted by molar-refractivity contribution is 0.0585. The van der Waals surface area contributed by atoms with Gasteiger partial charge in [0.2, 0.25) is 0 Å². The first-order chi connectivity index (χ1) is 34.8. The van der Waals surface area contributed by atoms with E-state index in [0.717, 1.165) is 33.8 Å². The van der Waals surface area contributed by atoms with E-state index in [0.29, 0.717) is 85.9 Å². The van der Waals surface area contributed by atoms with Crippen molar-refractivity contribution in [2.24, 2.45) is 0 Å². The van der Waals surface area contributed by atoms with Crippen molar-refractivity contribution in [2.75, 3.05) is 13.1 Å². The highest BCUT2D eigenvalue weighted by Gasteiger charge is 2.39. The molecular weight excluding hydrogens is 903 g/mol. The molecule has 356 valence electrons. The maximum absolute atomic E-state index is 13.9. The van der Waals surface area contributed by atoms with Crippen molar-refractivity contribution >= 4 is 34.4 Å². The number of nitrogens with zero attached hydrogens (tertiary/aromatic N) is 8. The predicted molar refractivity (Wildman–Crippen MR) is 258 cm³/mol. The molecule has 0 unspecified atom stereocenters. The first-order valence-corrected chi connectivity index (χ1v) is 23.5. The summed E-state index contributed by atoms with van der Waals surface area (Å²) in [5.41, 5.74) is 6.58. The molecule has 1 N–H and O–H groups in total. The Morgan fingerprint density at radius 2 is 0.704 bits per heavy atom. The first-order valence-electron chi connectivity index (χ1n) is 23.5. The fourth-order valence-corrected chi connectivity index (χ4v) is 8.96. The fraction of sp³-hybridized carbons (Fsp3) is 0.222. The van der Waals surface area contributed by atoms with Crippen molar-refractivity contribution in [1.29, 1.82) is 0 Å². The van der Waals surface area contributed by atoms with Gasteiger partial charge in [0.05, 0.1) is 12.4 Å². The average Bonchev–Trinajstić information content (AvgIpc) is 4.07. The van der Waals surface area contributed by atoms with Crippen molar-refractivity contribution in [1.82, 2.24) is 45.1 Å². The maximum Gasteiger partial charge on any atom is 0.261 e. The standard InChI is InChI=1S/C54H47N9O8/c64-51-45-19-21-47-50-48-22-20-46(49(45)50)52(65)62(51)25-1-23-60-29-39(56-58-60)33-70-43-15-7-37(8-16-43)31-68-41-11-3-35(4-12-41)27-55-28-36-5-13-42(14-6-36)69-32-38-9-17-44(18-10-38)71-34-40-30-61(59-57-40)24-2-26-63(53(47)66)54(48)67/h3-22,29-30,55H,1-2,23-28,31-34H2. The number of nitrogens with one attached hydrogen (secondary N) is 1. The van der Waals surface area contributed by atoms with E-state index in [9.17, 15) is 19.2 Å². The van der Waals surface area contributed by atoms with Gasteiger partial charge in [0.25, 0.3) is 23.6 Å². The van der Waals surface area contributed by atoms with Gasteiger partial charge in [-0.3, -0.25) is 38.3 Å². The number of hydrogen-bond donors (Lipinski definition) is 1.